The number of imide groups is 1. The molecule has 0 radical (unpaired) electrons. The lowest BCUT2D eigenvalue weighted by molar-refractivity contribution is -0.135. The fourth-order valence-electron chi connectivity index (χ4n) is 3.24. The summed E-state index contributed by atoms with van der Waals surface area (Å²) in [6.45, 7) is 3.10. The van der Waals surface area contributed by atoms with E-state index in [1.54, 1.807) is 0 Å². The number of nitrogens with zero attached hydrogens (tertiary/aromatic N) is 1. The minimum absolute atomic E-state index is 0.0181. The second kappa shape index (κ2) is 7.63. The summed E-state index contributed by atoms with van der Waals surface area (Å²) >= 11 is 0. The maximum Gasteiger partial charge on any atom is 0.325 e. The van der Waals surface area contributed by atoms with Crippen LogP contribution in [0.15, 0.2) is 0 Å². The highest BCUT2D eigenvalue weighted by atomic mass is 16.2. The zero-order valence-electron chi connectivity index (χ0n) is 14.3. The Kier molecular flexibility index (Phi) is 5.80. The largest absolute Gasteiger partial charge is 0.352 e. The molecule has 3 N–H and O–H groups in total. The van der Waals surface area contributed by atoms with Gasteiger partial charge in [-0.05, 0) is 26.7 Å². The van der Waals surface area contributed by atoms with Crippen molar-refractivity contribution in [2.24, 2.45) is 0 Å². The Morgan fingerprint density at radius 3 is 2.33 bits per heavy atom. The maximum absolute atomic E-state index is 12.6. The van der Waals surface area contributed by atoms with Crippen molar-refractivity contribution in [1.29, 1.82) is 0 Å². The molecule has 0 aromatic rings. The highest BCUT2D eigenvalue weighted by Crippen LogP contribution is 2.32. The van der Waals surface area contributed by atoms with Crippen LogP contribution in [0, 0.1) is 0 Å². The van der Waals surface area contributed by atoms with Crippen molar-refractivity contribution in [3.8, 4) is 0 Å². The van der Waals surface area contributed by atoms with Crippen molar-refractivity contribution in [2.45, 2.75) is 64.0 Å². The minimum Gasteiger partial charge on any atom is -0.352 e. The van der Waals surface area contributed by atoms with Gasteiger partial charge in [0.05, 0.1) is 6.54 Å². The Morgan fingerprint density at radius 2 is 1.75 bits per heavy atom. The number of carbonyl (C=O) groups is 4. The normalized spacial score (nSPS) is 20.0. The molecule has 2 rings (SSSR count). The zero-order chi connectivity index (χ0) is 17.7. The molecule has 134 valence electrons. The van der Waals surface area contributed by atoms with Crippen molar-refractivity contribution in [2.75, 3.05) is 13.1 Å². The molecule has 0 aromatic carbocycles. The topological polar surface area (TPSA) is 108 Å². The van der Waals surface area contributed by atoms with E-state index < -0.39 is 17.5 Å². The van der Waals surface area contributed by atoms with E-state index in [-0.39, 0.29) is 30.9 Å². The van der Waals surface area contributed by atoms with Crippen LogP contribution < -0.4 is 16.0 Å². The number of amides is 5. The quantitative estimate of drug-likeness (QED) is 0.625. The van der Waals surface area contributed by atoms with Crippen LogP contribution in [0.5, 0.6) is 0 Å². The van der Waals surface area contributed by atoms with Gasteiger partial charge in [-0.25, -0.2) is 4.79 Å². The SMILES string of the molecule is CC(C)NC(=O)CNC(=O)CN1C(=O)NC2(CCCCCC2)C1=O. The van der Waals surface area contributed by atoms with Gasteiger partial charge in [0.25, 0.3) is 5.91 Å². The Labute approximate surface area is 141 Å². The monoisotopic (exact) mass is 338 g/mol. The molecule has 0 unspecified atom stereocenters. The van der Waals surface area contributed by atoms with Gasteiger partial charge >= 0.3 is 6.03 Å². The molecule has 0 atom stereocenters. The molecule has 1 saturated carbocycles. The first kappa shape index (κ1) is 18.2. The molecule has 1 aliphatic carbocycles. The average Bonchev–Trinajstić information content (AvgIpc) is 2.69. The first-order valence-corrected chi connectivity index (χ1v) is 8.54. The number of carbonyl (C=O) groups excluding carboxylic acids is 4. The molecule has 2 fully saturated rings. The zero-order valence-corrected chi connectivity index (χ0v) is 14.3. The predicted octanol–water partition coefficient (Wildman–Crippen LogP) is 0.272. The smallest absolute Gasteiger partial charge is 0.325 e. The molecule has 0 aromatic heterocycles. The molecular weight excluding hydrogens is 312 g/mol. The van der Waals surface area contributed by atoms with Gasteiger partial charge in [0.15, 0.2) is 0 Å². The summed E-state index contributed by atoms with van der Waals surface area (Å²) in [5, 5.41) is 7.87. The van der Waals surface area contributed by atoms with Crippen molar-refractivity contribution in [3.63, 3.8) is 0 Å². The van der Waals surface area contributed by atoms with Gasteiger partial charge in [0.2, 0.25) is 11.8 Å². The van der Waals surface area contributed by atoms with E-state index >= 15 is 0 Å². The van der Waals surface area contributed by atoms with Crippen molar-refractivity contribution in [3.05, 3.63) is 0 Å². The van der Waals surface area contributed by atoms with E-state index in [0.29, 0.717) is 12.8 Å². The molecule has 1 aliphatic heterocycles. The summed E-state index contributed by atoms with van der Waals surface area (Å²) < 4.78 is 0. The number of nitrogens with one attached hydrogen (secondary N) is 3. The van der Waals surface area contributed by atoms with Gasteiger partial charge in [-0.1, -0.05) is 25.7 Å². The van der Waals surface area contributed by atoms with Crippen LogP contribution in [0.3, 0.4) is 0 Å². The van der Waals surface area contributed by atoms with Crippen LogP contribution in [-0.2, 0) is 14.4 Å². The highest BCUT2D eigenvalue weighted by molar-refractivity contribution is 6.09. The second-order valence-corrected chi connectivity index (χ2v) is 6.82. The first-order chi connectivity index (χ1) is 11.3. The summed E-state index contributed by atoms with van der Waals surface area (Å²) in [5.74, 6) is -1.16. The summed E-state index contributed by atoms with van der Waals surface area (Å²) in [7, 11) is 0. The van der Waals surface area contributed by atoms with Crippen molar-refractivity contribution >= 4 is 23.8 Å². The molecule has 1 saturated heterocycles. The third-order valence-corrected chi connectivity index (χ3v) is 4.40. The van der Waals surface area contributed by atoms with Gasteiger partial charge in [0.1, 0.15) is 12.1 Å². The molecule has 8 heteroatoms. The van der Waals surface area contributed by atoms with Gasteiger partial charge in [-0.15, -0.1) is 0 Å². The van der Waals surface area contributed by atoms with Crippen molar-refractivity contribution < 1.29 is 19.2 Å². The van der Waals surface area contributed by atoms with Crippen molar-refractivity contribution in [1.82, 2.24) is 20.9 Å². The van der Waals surface area contributed by atoms with E-state index in [2.05, 4.69) is 16.0 Å². The van der Waals surface area contributed by atoms with Crippen LogP contribution in [0.25, 0.3) is 0 Å². The van der Waals surface area contributed by atoms with E-state index in [0.717, 1.165) is 30.6 Å². The lowest BCUT2D eigenvalue weighted by Gasteiger charge is -2.24. The molecule has 0 bridgehead atoms. The molecule has 5 amide bonds. The van der Waals surface area contributed by atoms with Gasteiger partial charge in [0, 0.05) is 6.04 Å². The number of rotatable bonds is 5. The molecular formula is C16H26N4O4. The molecule has 1 spiro atoms. The third-order valence-electron chi connectivity index (χ3n) is 4.40. The highest BCUT2D eigenvalue weighted by Gasteiger charge is 2.51. The Hall–Kier alpha value is -2.12. The van der Waals surface area contributed by atoms with E-state index in [1.165, 1.54) is 0 Å². The summed E-state index contributed by atoms with van der Waals surface area (Å²) in [4.78, 5) is 49.2. The van der Waals surface area contributed by atoms with Crippen LogP contribution >= 0.6 is 0 Å². The fourth-order valence-corrected chi connectivity index (χ4v) is 3.24. The minimum atomic E-state index is -0.844. The standard InChI is InChI=1S/C16H26N4O4/c1-11(2)18-12(21)9-17-13(22)10-20-14(23)16(19-15(20)24)7-5-3-4-6-8-16/h11H,3-10H2,1-2H3,(H,17,22)(H,18,21)(H,19,24). The Balaban J connectivity index is 1.90. The summed E-state index contributed by atoms with van der Waals surface area (Å²) in [6.07, 6.45) is 5.12. The van der Waals surface area contributed by atoms with Crippen LogP contribution in [-0.4, -0.2) is 53.3 Å². The lowest BCUT2D eigenvalue weighted by atomic mass is 9.90. The third kappa shape index (κ3) is 4.24. The fraction of sp³-hybridized carbons (Fsp3) is 0.750. The summed E-state index contributed by atoms with van der Waals surface area (Å²) in [6, 6.07) is -0.542. The molecule has 8 nitrogen and oxygen atoms in total. The predicted molar refractivity (Wildman–Crippen MR) is 87.0 cm³/mol. The second-order valence-electron chi connectivity index (χ2n) is 6.82. The van der Waals surface area contributed by atoms with E-state index in [1.807, 2.05) is 13.8 Å². The lowest BCUT2D eigenvalue weighted by Crippen LogP contribution is -2.48. The van der Waals surface area contributed by atoms with Crippen LogP contribution in [0.1, 0.15) is 52.4 Å². The average molecular weight is 338 g/mol. The number of hydrogen-bond donors (Lipinski definition) is 3. The summed E-state index contributed by atoms with van der Waals surface area (Å²) in [5.41, 5.74) is -0.844. The van der Waals surface area contributed by atoms with Gasteiger partial charge in [-0.3, -0.25) is 19.3 Å². The van der Waals surface area contributed by atoms with Crippen LogP contribution in [0.4, 0.5) is 4.79 Å². The number of hydrogen-bond acceptors (Lipinski definition) is 4. The van der Waals surface area contributed by atoms with E-state index in [9.17, 15) is 19.2 Å². The Bertz CT molecular complexity index is 524. The number of urea groups is 1. The van der Waals surface area contributed by atoms with E-state index in [4.69, 9.17) is 0 Å². The maximum atomic E-state index is 12.6. The Morgan fingerprint density at radius 1 is 1.12 bits per heavy atom. The first-order valence-electron chi connectivity index (χ1n) is 8.54. The van der Waals surface area contributed by atoms with Gasteiger partial charge in [-0.2, -0.15) is 0 Å². The van der Waals surface area contributed by atoms with Crippen LogP contribution in [0.2, 0.25) is 0 Å². The van der Waals surface area contributed by atoms with Gasteiger partial charge < -0.3 is 16.0 Å². The molecule has 24 heavy (non-hydrogen) atoms. The molecule has 1 heterocycles. The molecule has 2 aliphatic rings.